The van der Waals surface area contributed by atoms with E-state index >= 15 is 0 Å². The number of hydrogen-bond acceptors (Lipinski definition) is 4. The van der Waals surface area contributed by atoms with Crippen molar-refractivity contribution in [2.45, 2.75) is 32.6 Å². The molecule has 2 aromatic carbocycles. The van der Waals surface area contributed by atoms with Gasteiger partial charge in [0.05, 0.1) is 5.92 Å². The van der Waals surface area contributed by atoms with Crippen molar-refractivity contribution in [2.24, 2.45) is 5.92 Å². The van der Waals surface area contributed by atoms with Gasteiger partial charge >= 0.3 is 0 Å². The molecule has 2 aromatic rings. The van der Waals surface area contributed by atoms with E-state index in [1.54, 1.807) is 12.1 Å². The average Bonchev–Trinajstić information content (AvgIpc) is 3.20. The van der Waals surface area contributed by atoms with Gasteiger partial charge in [0.2, 0.25) is 11.8 Å². The quantitative estimate of drug-likeness (QED) is 0.801. The molecule has 0 aliphatic carbocycles. The van der Waals surface area contributed by atoms with Crippen molar-refractivity contribution in [2.75, 3.05) is 42.5 Å². The van der Waals surface area contributed by atoms with Gasteiger partial charge in [-0.2, -0.15) is 0 Å². The maximum atomic E-state index is 13.2. The van der Waals surface area contributed by atoms with E-state index in [9.17, 15) is 14.7 Å². The summed E-state index contributed by atoms with van der Waals surface area (Å²) in [6.45, 7) is 7.58. The normalized spacial score (nSPS) is 20.3. The maximum absolute atomic E-state index is 13.2. The molecule has 6 nitrogen and oxygen atoms in total. The minimum absolute atomic E-state index is 0.0387. The Morgan fingerprint density at radius 2 is 1.74 bits per heavy atom. The summed E-state index contributed by atoms with van der Waals surface area (Å²) >= 11 is 0. The fourth-order valence-corrected chi connectivity index (χ4v) is 4.58. The first kappa shape index (κ1) is 21.2. The molecule has 31 heavy (non-hydrogen) atoms. The number of nitrogens with zero attached hydrogens (tertiary/aromatic N) is 3. The average molecular weight is 422 g/mol. The molecule has 0 saturated carbocycles. The van der Waals surface area contributed by atoms with E-state index in [1.165, 1.54) is 5.56 Å². The van der Waals surface area contributed by atoms with Crippen molar-refractivity contribution in [3.63, 3.8) is 0 Å². The first-order valence-electron chi connectivity index (χ1n) is 11.2. The Labute approximate surface area is 184 Å². The molecular weight excluding hydrogens is 390 g/mol. The van der Waals surface area contributed by atoms with E-state index in [1.807, 2.05) is 40.1 Å². The van der Waals surface area contributed by atoms with Gasteiger partial charge in [-0.25, -0.2) is 0 Å². The standard InChI is InChI=1S/C25H31N3O3/c1-3-18(2)22-6-4-5-7-23(22)28-17-19(16-24(28)30)25(31)27-14-12-26(13-15-27)20-8-10-21(29)11-9-20/h4-11,18-19,29H,3,12-17H2,1-2H3. The minimum Gasteiger partial charge on any atom is -0.508 e. The Bertz CT molecular complexity index is 935. The van der Waals surface area contributed by atoms with Crippen LogP contribution in [0.1, 0.15) is 38.2 Å². The lowest BCUT2D eigenvalue weighted by atomic mass is 9.96. The number of rotatable bonds is 5. The largest absolute Gasteiger partial charge is 0.508 e. The summed E-state index contributed by atoms with van der Waals surface area (Å²) < 4.78 is 0. The van der Waals surface area contributed by atoms with Crippen LogP contribution in [0.2, 0.25) is 0 Å². The highest BCUT2D eigenvalue weighted by Gasteiger charge is 2.38. The van der Waals surface area contributed by atoms with Crippen LogP contribution in [0.4, 0.5) is 11.4 Å². The van der Waals surface area contributed by atoms with Crippen molar-refractivity contribution in [3.05, 3.63) is 54.1 Å². The zero-order valence-electron chi connectivity index (χ0n) is 18.3. The fraction of sp³-hybridized carbons (Fsp3) is 0.440. The topological polar surface area (TPSA) is 64.1 Å². The molecule has 2 unspecified atom stereocenters. The summed E-state index contributed by atoms with van der Waals surface area (Å²) in [4.78, 5) is 31.9. The van der Waals surface area contributed by atoms with E-state index in [4.69, 9.17) is 0 Å². The lowest BCUT2D eigenvalue weighted by Gasteiger charge is -2.37. The van der Waals surface area contributed by atoms with Crippen LogP contribution in [0.25, 0.3) is 0 Å². The van der Waals surface area contributed by atoms with Gasteiger partial charge in [0.1, 0.15) is 5.75 Å². The second-order valence-electron chi connectivity index (χ2n) is 8.60. The molecule has 1 N–H and O–H groups in total. The predicted molar refractivity (Wildman–Crippen MR) is 123 cm³/mol. The van der Waals surface area contributed by atoms with Gasteiger partial charge in [0, 0.05) is 50.5 Å². The Hall–Kier alpha value is -3.02. The van der Waals surface area contributed by atoms with Crippen LogP contribution in [0.3, 0.4) is 0 Å². The first-order chi connectivity index (χ1) is 15.0. The van der Waals surface area contributed by atoms with Crippen LogP contribution in [-0.4, -0.2) is 54.5 Å². The Kier molecular flexibility index (Phi) is 6.16. The van der Waals surface area contributed by atoms with Crippen molar-refractivity contribution in [1.82, 2.24) is 4.90 Å². The van der Waals surface area contributed by atoms with Gasteiger partial charge < -0.3 is 19.8 Å². The molecule has 2 aliphatic heterocycles. The molecule has 0 aromatic heterocycles. The van der Waals surface area contributed by atoms with E-state index in [0.29, 0.717) is 25.6 Å². The zero-order chi connectivity index (χ0) is 22.0. The van der Waals surface area contributed by atoms with Gasteiger partial charge in [0.15, 0.2) is 0 Å². The van der Waals surface area contributed by atoms with E-state index in [2.05, 4.69) is 24.8 Å². The molecule has 2 saturated heterocycles. The van der Waals surface area contributed by atoms with Crippen LogP contribution in [-0.2, 0) is 9.59 Å². The molecule has 164 valence electrons. The number of phenolic OH excluding ortho intramolecular Hbond substituents is 1. The van der Waals surface area contributed by atoms with Crippen molar-refractivity contribution < 1.29 is 14.7 Å². The maximum Gasteiger partial charge on any atom is 0.228 e. The molecule has 2 amide bonds. The summed E-state index contributed by atoms with van der Waals surface area (Å²) in [7, 11) is 0. The second kappa shape index (κ2) is 9.00. The fourth-order valence-electron chi connectivity index (χ4n) is 4.58. The number of carbonyl (C=O) groups excluding carboxylic acids is 2. The molecule has 6 heteroatoms. The molecular formula is C25H31N3O3. The van der Waals surface area contributed by atoms with Crippen LogP contribution >= 0.6 is 0 Å². The molecule has 2 fully saturated rings. The summed E-state index contributed by atoms with van der Waals surface area (Å²) in [5.74, 6) is 0.464. The highest BCUT2D eigenvalue weighted by atomic mass is 16.3. The van der Waals surface area contributed by atoms with Crippen LogP contribution in [0.15, 0.2) is 48.5 Å². The smallest absolute Gasteiger partial charge is 0.228 e. The third-order valence-electron chi connectivity index (χ3n) is 6.65. The van der Waals surface area contributed by atoms with Gasteiger partial charge in [-0.3, -0.25) is 9.59 Å². The highest BCUT2D eigenvalue weighted by Crippen LogP contribution is 2.34. The monoisotopic (exact) mass is 421 g/mol. The number of amides is 2. The third kappa shape index (κ3) is 4.38. The van der Waals surface area contributed by atoms with Crippen molar-refractivity contribution >= 4 is 23.2 Å². The number of anilines is 2. The Balaban J connectivity index is 1.40. The third-order valence-corrected chi connectivity index (χ3v) is 6.65. The SMILES string of the molecule is CCC(C)c1ccccc1N1CC(C(=O)N2CCN(c3ccc(O)cc3)CC2)CC1=O. The van der Waals surface area contributed by atoms with Gasteiger partial charge in [0.25, 0.3) is 0 Å². The summed E-state index contributed by atoms with van der Waals surface area (Å²) in [6.07, 6.45) is 1.29. The van der Waals surface area contributed by atoms with Gasteiger partial charge in [-0.05, 0) is 48.2 Å². The van der Waals surface area contributed by atoms with Crippen LogP contribution in [0.5, 0.6) is 5.75 Å². The molecule has 0 spiro atoms. The highest BCUT2D eigenvalue weighted by molar-refractivity contribution is 6.01. The molecule has 0 radical (unpaired) electrons. The lowest BCUT2D eigenvalue weighted by Crippen LogP contribution is -2.50. The van der Waals surface area contributed by atoms with Crippen molar-refractivity contribution in [1.29, 1.82) is 0 Å². The number of hydrogen-bond donors (Lipinski definition) is 1. The molecule has 2 atom stereocenters. The van der Waals surface area contributed by atoms with Gasteiger partial charge in [-0.15, -0.1) is 0 Å². The first-order valence-corrected chi connectivity index (χ1v) is 11.2. The second-order valence-corrected chi connectivity index (χ2v) is 8.60. The molecule has 0 bridgehead atoms. The summed E-state index contributed by atoms with van der Waals surface area (Å²) in [5, 5.41) is 9.47. The van der Waals surface area contributed by atoms with E-state index in [-0.39, 0.29) is 29.9 Å². The summed E-state index contributed by atoms with van der Waals surface area (Å²) in [5.41, 5.74) is 3.18. The lowest BCUT2D eigenvalue weighted by molar-refractivity contribution is -0.136. The Morgan fingerprint density at radius 1 is 1.06 bits per heavy atom. The number of para-hydroxylation sites is 1. The van der Waals surface area contributed by atoms with Crippen molar-refractivity contribution in [3.8, 4) is 5.75 Å². The van der Waals surface area contributed by atoms with Crippen LogP contribution in [0, 0.1) is 5.92 Å². The van der Waals surface area contributed by atoms with E-state index < -0.39 is 0 Å². The molecule has 2 aliphatic rings. The van der Waals surface area contributed by atoms with E-state index in [0.717, 1.165) is 30.9 Å². The number of aromatic hydroxyl groups is 1. The minimum atomic E-state index is -0.280. The molecule has 2 heterocycles. The zero-order valence-corrected chi connectivity index (χ0v) is 18.3. The number of phenols is 1. The Morgan fingerprint density at radius 3 is 2.42 bits per heavy atom. The summed E-state index contributed by atoms with van der Waals surface area (Å²) in [6, 6.07) is 15.2. The predicted octanol–water partition coefficient (Wildman–Crippen LogP) is 3.61. The number of benzene rings is 2. The number of carbonyl (C=O) groups is 2. The molecule has 4 rings (SSSR count). The van der Waals surface area contributed by atoms with Crippen LogP contribution < -0.4 is 9.80 Å². The van der Waals surface area contributed by atoms with Gasteiger partial charge in [-0.1, -0.05) is 32.0 Å². The number of piperazine rings is 1.